The molecule has 0 radical (unpaired) electrons. The molecule has 1 rings (SSSR count). The number of nitrogens with one attached hydrogen (secondary N) is 2. The quantitative estimate of drug-likeness (QED) is 0.597. The molecule has 4 nitrogen and oxygen atoms in total. The normalized spacial score (nSPS) is 18.9. The third-order valence-corrected chi connectivity index (χ3v) is 3.57. The van der Waals surface area contributed by atoms with E-state index in [9.17, 15) is 9.90 Å². The molecule has 2 amide bonds. The molecule has 0 heterocycles. The molecule has 0 aliphatic heterocycles. The minimum Gasteiger partial charge on any atom is -0.392 e. The Bertz CT molecular complexity index is 250. The minimum atomic E-state index is -0.307. The van der Waals surface area contributed by atoms with Crippen LogP contribution >= 0.6 is 0 Å². The zero-order valence-corrected chi connectivity index (χ0v) is 11.3. The lowest BCUT2D eigenvalue weighted by molar-refractivity contribution is 0.0515. The lowest BCUT2D eigenvalue weighted by Gasteiger charge is -2.25. The lowest BCUT2D eigenvalue weighted by Crippen LogP contribution is -2.43. The van der Waals surface area contributed by atoms with Crippen LogP contribution in [-0.2, 0) is 0 Å². The van der Waals surface area contributed by atoms with Crippen molar-refractivity contribution in [2.45, 2.75) is 52.6 Å². The van der Waals surface area contributed by atoms with E-state index in [2.05, 4.69) is 17.6 Å². The van der Waals surface area contributed by atoms with E-state index in [0.29, 0.717) is 6.54 Å². The molecule has 1 aliphatic rings. The molecule has 4 heteroatoms. The van der Waals surface area contributed by atoms with E-state index in [1.165, 1.54) is 0 Å². The summed E-state index contributed by atoms with van der Waals surface area (Å²) in [4.78, 5) is 11.5. The summed E-state index contributed by atoms with van der Waals surface area (Å²) in [7, 11) is 0. The van der Waals surface area contributed by atoms with Gasteiger partial charge < -0.3 is 15.7 Å². The number of carbonyl (C=O) groups excluding carboxylic acids is 1. The van der Waals surface area contributed by atoms with Gasteiger partial charge >= 0.3 is 6.03 Å². The molecule has 1 atom stereocenters. The largest absolute Gasteiger partial charge is 0.392 e. The average Bonchev–Trinajstić information content (AvgIpc) is 3.07. The van der Waals surface area contributed by atoms with Gasteiger partial charge in [-0.15, -0.1) is 0 Å². The van der Waals surface area contributed by atoms with Crippen molar-refractivity contribution in [3.05, 3.63) is 0 Å². The summed E-state index contributed by atoms with van der Waals surface area (Å²) in [5.74, 6) is 0.252. The summed E-state index contributed by atoms with van der Waals surface area (Å²) in [6.45, 7) is 7.45. The third-order valence-electron chi connectivity index (χ3n) is 3.57. The molecule has 0 aromatic rings. The van der Waals surface area contributed by atoms with Crippen LogP contribution in [0.15, 0.2) is 0 Å². The predicted molar refractivity (Wildman–Crippen MR) is 68.8 cm³/mol. The summed E-state index contributed by atoms with van der Waals surface area (Å²) in [5.41, 5.74) is -0.0593. The Morgan fingerprint density at radius 2 is 2.00 bits per heavy atom. The highest BCUT2D eigenvalue weighted by atomic mass is 16.3. The molecule has 17 heavy (non-hydrogen) atoms. The third kappa shape index (κ3) is 4.19. The number of rotatable bonds is 7. The Hall–Kier alpha value is -0.770. The average molecular weight is 242 g/mol. The van der Waals surface area contributed by atoms with Crippen LogP contribution in [0.1, 0.15) is 46.5 Å². The molecule has 0 aromatic heterocycles. The van der Waals surface area contributed by atoms with Gasteiger partial charge in [-0.05, 0) is 25.2 Å². The van der Waals surface area contributed by atoms with E-state index in [1.807, 2.05) is 13.8 Å². The van der Waals surface area contributed by atoms with Crippen LogP contribution in [-0.4, -0.2) is 30.3 Å². The molecule has 1 fully saturated rings. The molecule has 0 saturated heterocycles. The predicted octanol–water partition coefficient (Wildman–Crippen LogP) is 1.88. The summed E-state index contributed by atoms with van der Waals surface area (Å²) in [5, 5.41) is 15.8. The Kier molecular flexibility index (Phi) is 5.25. The number of hydrogen-bond donors (Lipinski definition) is 3. The number of amides is 2. The molecule has 0 spiro atoms. The molecule has 0 aromatic carbocycles. The van der Waals surface area contributed by atoms with Crippen LogP contribution in [0, 0.1) is 11.3 Å². The summed E-state index contributed by atoms with van der Waals surface area (Å²) in [6.07, 6.45) is 3.81. The van der Waals surface area contributed by atoms with Crippen LogP contribution in [0.25, 0.3) is 0 Å². The zero-order chi connectivity index (χ0) is 12.9. The fraction of sp³-hybridized carbons (Fsp3) is 0.923. The molecular weight excluding hydrogens is 216 g/mol. The first-order chi connectivity index (χ1) is 8.02. The second-order valence-corrected chi connectivity index (χ2v) is 5.51. The Balaban J connectivity index is 2.23. The van der Waals surface area contributed by atoms with E-state index in [4.69, 9.17) is 0 Å². The SMILES string of the molecule is CCCCNC(=O)NCC1(C(O)C(C)C)CC1. The number of aliphatic hydroxyl groups excluding tert-OH is 1. The van der Waals surface area contributed by atoms with Crippen molar-refractivity contribution < 1.29 is 9.90 Å². The maximum Gasteiger partial charge on any atom is 0.314 e. The van der Waals surface area contributed by atoms with Gasteiger partial charge in [-0.2, -0.15) is 0 Å². The topological polar surface area (TPSA) is 61.4 Å². The van der Waals surface area contributed by atoms with E-state index in [0.717, 1.165) is 32.2 Å². The van der Waals surface area contributed by atoms with Crippen molar-refractivity contribution in [2.24, 2.45) is 11.3 Å². The second kappa shape index (κ2) is 6.24. The fourth-order valence-electron chi connectivity index (χ4n) is 2.14. The van der Waals surface area contributed by atoms with E-state index in [-0.39, 0.29) is 23.5 Å². The lowest BCUT2D eigenvalue weighted by atomic mass is 9.90. The van der Waals surface area contributed by atoms with Gasteiger partial charge in [0.2, 0.25) is 0 Å². The van der Waals surface area contributed by atoms with Gasteiger partial charge in [0.25, 0.3) is 0 Å². The first-order valence-corrected chi connectivity index (χ1v) is 6.71. The highest BCUT2D eigenvalue weighted by Gasteiger charge is 2.49. The van der Waals surface area contributed by atoms with Crippen LogP contribution < -0.4 is 10.6 Å². The van der Waals surface area contributed by atoms with Gasteiger partial charge in [0, 0.05) is 18.5 Å². The number of carbonyl (C=O) groups is 1. The fourth-order valence-corrected chi connectivity index (χ4v) is 2.14. The standard InChI is InChI=1S/C13H26N2O2/c1-4-5-8-14-12(17)15-9-13(6-7-13)11(16)10(2)3/h10-11,16H,4-9H2,1-3H3,(H2,14,15,17). The molecule has 3 N–H and O–H groups in total. The number of hydrogen-bond acceptors (Lipinski definition) is 2. The van der Waals surface area contributed by atoms with Crippen molar-refractivity contribution in [3.8, 4) is 0 Å². The van der Waals surface area contributed by atoms with E-state index >= 15 is 0 Å². The van der Waals surface area contributed by atoms with Crippen molar-refractivity contribution in [1.29, 1.82) is 0 Å². The maximum atomic E-state index is 11.5. The second-order valence-electron chi connectivity index (χ2n) is 5.51. The Morgan fingerprint density at radius 1 is 1.35 bits per heavy atom. The Morgan fingerprint density at radius 3 is 2.47 bits per heavy atom. The maximum absolute atomic E-state index is 11.5. The summed E-state index contributed by atoms with van der Waals surface area (Å²) in [6, 6.07) is -0.110. The van der Waals surface area contributed by atoms with Gasteiger partial charge in [0.05, 0.1) is 6.10 Å². The highest BCUT2D eigenvalue weighted by Crippen LogP contribution is 2.50. The minimum absolute atomic E-state index is 0.0593. The molecule has 1 unspecified atom stereocenters. The van der Waals surface area contributed by atoms with Crippen molar-refractivity contribution in [2.75, 3.05) is 13.1 Å². The first-order valence-electron chi connectivity index (χ1n) is 6.71. The molecule has 0 bridgehead atoms. The number of unbranched alkanes of at least 4 members (excludes halogenated alkanes) is 1. The first kappa shape index (κ1) is 14.3. The van der Waals surface area contributed by atoms with Crippen LogP contribution in [0.5, 0.6) is 0 Å². The smallest absolute Gasteiger partial charge is 0.314 e. The van der Waals surface area contributed by atoms with E-state index < -0.39 is 0 Å². The highest BCUT2D eigenvalue weighted by molar-refractivity contribution is 5.73. The van der Waals surface area contributed by atoms with Gasteiger partial charge in [-0.3, -0.25) is 0 Å². The number of urea groups is 1. The van der Waals surface area contributed by atoms with Crippen LogP contribution in [0.2, 0.25) is 0 Å². The van der Waals surface area contributed by atoms with E-state index in [1.54, 1.807) is 0 Å². The molecular formula is C13H26N2O2. The van der Waals surface area contributed by atoms with Crippen molar-refractivity contribution in [1.82, 2.24) is 10.6 Å². The Labute approximate surface area is 104 Å². The summed E-state index contributed by atoms with van der Waals surface area (Å²) < 4.78 is 0. The monoisotopic (exact) mass is 242 g/mol. The van der Waals surface area contributed by atoms with Crippen molar-refractivity contribution >= 4 is 6.03 Å². The molecule has 100 valence electrons. The van der Waals surface area contributed by atoms with Gasteiger partial charge in [0.15, 0.2) is 0 Å². The van der Waals surface area contributed by atoms with Crippen LogP contribution in [0.4, 0.5) is 4.79 Å². The number of aliphatic hydroxyl groups is 1. The van der Waals surface area contributed by atoms with Gasteiger partial charge in [0.1, 0.15) is 0 Å². The van der Waals surface area contributed by atoms with Gasteiger partial charge in [-0.1, -0.05) is 27.2 Å². The molecule has 1 aliphatic carbocycles. The molecule has 1 saturated carbocycles. The summed E-state index contributed by atoms with van der Waals surface area (Å²) >= 11 is 0. The van der Waals surface area contributed by atoms with Gasteiger partial charge in [-0.25, -0.2) is 4.79 Å². The van der Waals surface area contributed by atoms with Crippen LogP contribution in [0.3, 0.4) is 0 Å². The zero-order valence-electron chi connectivity index (χ0n) is 11.3. The van der Waals surface area contributed by atoms with Crippen molar-refractivity contribution in [3.63, 3.8) is 0 Å².